The first-order valence-electron chi connectivity index (χ1n) is 7.17. The van der Waals surface area contributed by atoms with Crippen LogP contribution in [-0.4, -0.2) is 42.3 Å². The summed E-state index contributed by atoms with van der Waals surface area (Å²) in [5.74, 6) is -0.0763. The molecule has 0 spiro atoms. The van der Waals surface area contributed by atoms with E-state index in [0.29, 0.717) is 12.1 Å². The van der Waals surface area contributed by atoms with E-state index in [2.05, 4.69) is 34.7 Å². The molecule has 0 radical (unpaired) electrons. The molecule has 1 saturated heterocycles. The third kappa shape index (κ3) is 2.45. The summed E-state index contributed by atoms with van der Waals surface area (Å²) in [6.07, 6.45) is 9.61. The lowest BCUT2D eigenvalue weighted by molar-refractivity contribution is -0.131. The van der Waals surface area contributed by atoms with Gasteiger partial charge in [0.15, 0.2) is 0 Å². The molecule has 3 atom stereocenters. The highest BCUT2D eigenvalue weighted by molar-refractivity contribution is 5.79. The van der Waals surface area contributed by atoms with Gasteiger partial charge in [0.2, 0.25) is 0 Å². The van der Waals surface area contributed by atoms with Gasteiger partial charge in [-0.05, 0) is 25.5 Å². The third-order valence-electron chi connectivity index (χ3n) is 4.43. The lowest BCUT2D eigenvalue weighted by atomic mass is 9.96. The van der Waals surface area contributed by atoms with Crippen LogP contribution in [-0.2, 0) is 4.79 Å². The van der Waals surface area contributed by atoms with Crippen molar-refractivity contribution < 1.29 is 9.90 Å². The van der Waals surface area contributed by atoms with Crippen molar-refractivity contribution in [1.82, 2.24) is 15.5 Å². The van der Waals surface area contributed by atoms with Crippen molar-refractivity contribution in [3.63, 3.8) is 0 Å². The van der Waals surface area contributed by atoms with Crippen molar-refractivity contribution in [3.8, 4) is 0 Å². The number of carboxylic acids is 1. The van der Waals surface area contributed by atoms with Crippen molar-refractivity contribution in [3.05, 3.63) is 35.7 Å². The largest absolute Gasteiger partial charge is 0.478 e. The van der Waals surface area contributed by atoms with Crippen LogP contribution < -0.4 is 10.6 Å². The predicted molar refractivity (Wildman–Crippen MR) is 76.7 cm³/mol. The maximum Gasteiger partial charge on any atom is 0.327 e. The first kappa shape index (κ1) is 13.2. The second-order valence-electron chi connectivity index (χ2n) is 5.74. The van der Waals surface area contributed by atoms with Gasteiger partial charge in [0.25, 0.3) is 0 Å². The molecule has 0 aromatic heterocycles. The Morgan fingerprint density at radius 1 is 1.55 bits per heavy atom. The molecule has 1 aliphatic carbocycles. The Hall–Kier alpha value is -1.75. The molecule has 3 rings (SSSR count). The predicted octanol–water partition coefficient (Wildman–Crippen LogP) is 0.886. The molecule has 0 aromatic rings. The average molecular weight is 275 g/mol. The van der Waals surface area contributed by atoms with E-state index in [1.807, 2.05) is 0 Å². The molecule has 3 aliphatic rings. The summed E-state index contributed by atoms with van der Waals surface area (Å²) in [4.78, 5) is 12.9. The molecule has 2 heterocycles. The summed E-state index contributed by atoms with van der Waals surface area (Å²) in [7, 11) is 2.13. The lowest BCUT2D eigenvalue weighted by Crippen LogP contribution is -2.42. The standard InChI is InChI=1S/C15H21N3O2/c1-18-13-8-10(3-5-14(19)20)2-4-12(13)17-15(18)11-6-7-16-9-11/h2-5,10-11,15-17H,6-9H2,1H3,(H,19,20)/b5-3+/t10?,11-,15?/m1/s1. The van der Waals surface area contributed by atoms with E-state index >= 15 is 0 Å². The van der Waals surface area contributed by atoms with Gasteiger partial charge in [-0.3, -0.25) is 0 Å². The number of hydrogen-bond acceptors (Lipinski definition) is 4. The molecule has 1 fully saturated rings. The Labute approximate surface area is 119 Å². The molecule has 3 N–H and O–H groups in total. The van der Waals surface area contributed by atoms with Crippen LogP contribution in [0.3, 0.4) is 0 Å². The van der Waals surface area contributed by atoms with E-state index in [1.165, 1.54) is 23.9 Å². The molecule has 2 unspecified atom stereocenters. The first-order valence-corrected chi connectivity index (χ1v) is 7.17. The Kier molecular flexibility index (Phi) is 3.53. The van der Waals surface area contributed by atoms with Crippen LogP contribution in [0.5, 0.6) is 0 Å². The molecule has 108 valence electrons. The van der Waals surface area contributed by atoms with E-state index in [1.54, 1.807) is 6.08 Å². The van der Waals surface area contributed by atoms with Crippen LogP contribution in [0.4, 0.5) is 0 Å². The maximum absolute atomic E-state index is 10.6. The van der Waals surface area contributed by atoms with Gasteiger partial charge in [0.05, 0.1) is 5.70 Å². The highest BCUT2D eigenvalue weighted by Crippen LogP contribution is 2.34. The van der Waals surface area contributed by atoms with Gasteiger partial charge in [-0.1, -0.05) is 12.2 Å². The molecule has 0 amide bonds. The Morgan fingerprint density at radius 2 is 2.40 bits per heavy atom. The van der Waals surface area contributed by atoms with Gasteiger partial charge in [0, 0.05) is 37.2 Å². The number of rotatable bonds is 3. The smallest absolute Gasteiger partial charge is 0.327 e. The van der Waals surface area contributed by atoms with Crippen LogP contribution in [0, 0.1) is 11.8 Å². The van der Waals surface area contributed by atoms with Gasteiger partial charge < -0.3 is 20.6 Å². The SMILES string of the molecule is CN1C2=C(C=CC(/C=C/C(=O)O)C2)NC1[C@@H]1CCNC1. The quantitative estimate of drug-likeness (QED) is 0.668. The third-order valence-corrected chi connectivity index (χ3v) is 4.43. The van der Waals surface area contributed by atoms with Gasteiger partial charge in [-0.25, -0.2) is 4.79 Å². The number of carbonyl (C=O) groups is 1. The van der Waals surface area contributed by atoms with Crippen LogP contribution in [0.2, 0.25) is 0 Å². The molecule has 20 heavy (non-hydrogen) atoms. The zero-order valence-corrected chi connectivity index (χ0v) is 11.7. The maximum atomic E-state index is 10.6. The topological polar surface area (TPSA) is 64.6 Å². The summed E-state index contributed by atoms with van der Waals surface area (Å²) in [6.45, 7) is 2.16. The molecular formula is C15H21N3O2. The molecule has 0 aromatic carbocycles. The van der Waals surface area contributed by atoms with Gasteiger partial charge in [-0.15, -0.1) is 0 Å². The molecular weight excluding hydrogens is 254 g/mol. The van der Waals surface area contributed by atoms with Crippen LogP contribution in [0.15, 0.2) is 35.7 Å². The molecule has 0 saturated carbocycles. The summed E-state index contributed by atoms with van der Waals surface area (Å²) in [5, 5.41) is 15.7. The first-order chi connectivity index (χ1) is 9.65. The van der Waals surface area contributed by atoms with Crippen molar-refractivity contribution in [2.45, 2.75) is 19.0 Å². The van der Waals surface area contributed by atoms with Gasteiger partial charge >= 0.3 is 5.97 Å². The fraction of sp³-hybridized carbons (Fsp3) is 0.533. The fourth-order valence-corrected chi connectivity index (χ4v) is 3.33. The minimum Gasteiger partial charge on any atom is -0.478 e. The number of nitrogens with zero attached hydrogens (tertiary/aromatic N) is 1. The Bertz CT molecular complexity index is 489. The normalized spacial score (nSPS) is 32.9. The number of hydrogen-bond donors (Lipinski definition) is 3. The van der Waals surface area contributed by atoms with Crippen LogP contribution >= 0.6 is 0 Å². The van der Waals surface area contributed by atoms with Crippen LogP contribution in [0.25, 0.3) is 0 Å². The van der Waals surface area contributed by atoms with E-state index in [-0.39, 0.29) is 5.92 Å². The molecule has 5 heteroatoms. The molecule has 2 aliphatic heterocycles. The number of allylic oxidation sites excluding steroid dienone is 4. The second kappa shape index (κ2) is 5.32. The fourth-order valence-electron chi connectivity index (χ4n) is 3.33. The van der Waals surface area contributed by atoms with Crippen molar-refractivity contribution in [2.24, 2.45) is 11.8 Å². The minimum absolute atomic E-state index is 0.176. The Morgan fingerprint density at radius 3 is 3.10 bits per heavy atom. The zero-order valence-electron chi connectivity index (χ0n) is 11.7. The number of nitrogens with one attached hydrogen (secondary N) is 2. The molecule has 5 nitrogen and oxygen atoms in total. The number of carboxylic acid groups (broad SMARTS) is 1. The van der Waals surface area contributed by atoms with E-state index < -0.39 is 5.97 Å². The van der Waals surface area contributed by atoms with E-state index in [0.717, 1.165) is 19.5 Å². The van der Waals surface area contributed by atoms with Gasteiger partial charge in [-0.2, -0.15) is 0 Å². The summed E-state index contributed by atoms with van der Waals surface area (Å²) < 4.78 is 0. The summed E-state index contributed by atoms with van der Waals surface area (Å²) in [6, 6.07) is 0. The van der Waals surface area contributed by atoms with Crippen molar-refractivity contribution >= 4 is 5.97 Å². The van der Waals surface area contributed by atoms with Crippen LogP contribution in [0.1, 0.15) is 12.8 Å². The van der Waals surface area contributed by atoms with Gasteiger partial charge in [0.1, 0.15) is 6.17 Å². The highest BCUT2D eigenvalue weighted by Gasteiger charge is 2.36. The second-order valence-corrected chi connectivity index (χ2v) is 5.74. The summed E-state index contributed by atoms with van der Waals surface area (Å²) >= 11 is 0. The van der Waals surface area contributed by atoms with Crippen molar-refractivity contribution in [2.75, 3.05) is 20.1 Å². The zero-order chi connectivity index (χ0) is 14.1. The number of aliphatic carboxylic acids is 1. The molecule has 0 bridgehead atoms. The van der Waals surface area contributed by atoms with E-state index in [9.17, 15) is 4.79 Å². The highest BCUT2D eigenvalue weighted by atomic mass is 16.4. The minimum atomic E-state index is -0.883. The monoisotopic (exact) mass is 275 g/mol. The average Bonchev–Trinajstić information content (AvgIpc) is 3.05. The lowest BCUT2D eigenvalue weighted by Gasteiger charge is -2.29. The van der Waals surface area contributed by atoms with E-state index in [4.69, 9.17) is 5.11 Å². The van der Waals surface area contributed by atoms with Crippen molar-refractivity contribution in [1.29, 1.82) is 0 Å². The summed E-state index contributed by atoms with van der Waals surface area (Å²) in [5.41, 5.74) is 2.49. The Balaban J connectivity index is 1.68.